The maximum atomic E-state index is 13.6. The largest absolute Gasteiger partial charge is 0.348 e. The van der Waals surface area contributed by atoms with Gasteiger partial charge in [0.15, 0.2) is 0 Å². The van der Waals surface area contributed by atoms with Gasteiger partial charge in [-0.3, -0.25) is 4.79 Å². The Bertz CT molecular complexity index is 418. The highest BCUT2D eigenvalue weighted by Crippen LogP contribution is 2.18. The van der Waals surface area contributed by atoms with Crippen molar-refractivity contribution in [3.05, 3.63) is 35.6 Å². The lowest BCUT2D eigenvalue weighted by Gasteiger charge is -2.25. The third-order valence-electron chi connectivity index (χ3n) is 3.01. The Balaban J connectivity index is 2.74. The van der Waals surface area contributed by atoms with Gasteiger partial charge in [-0.1, -0.05) is 31.5 Å². The summed E-state index contributed by atoms with van der Waals surface area (Å²) >= 11 is 0. The first-order valence-electron chi connectivity index (χ1n) is 6.22. The summed E-state index contributed by atoms with van der Waals surface area (Å²) in [6.45, 7) is 5.41. The van der Waals surface area contributed by atoms with Crippen molar-refractivity contribution in [2.75, 3.05) is 0 Å². The van der Waals surface area contributed by atoms with Crippen molar-refractivity contribution >= 4 is 5.91 Å². The summed E-state index contributed by atoms with van der Waals surface area (Å²) in [5.74, 6) is -0.570. The van der Waals surface area contributed by atoms with Gasteiger partial charge in [-0.25, -0.2) is 4.39 Å². The lowest BCUT2D eigenvalue weighted by molar-refractivity contribution is -0.126. The fraction of sp³-hybridized carbons (Fsp3) is 0.500. The summed E-state index contributed by atoms with van der Waals surface area (Å²) in [5, 5.41) is 2.76. The molecular formula is C14H21FN2O. The van der Waals surface area contributed by atoms with Crippen LogP contribution in [0.3, 0.4) is 0 Å². The van der Waals surface area contributed by atoms with Gasteiger partial charge in [0.2, 0.25) is 5.91 Å². The van der Waals surface area contributed by atoms with Gasteiger partial charge < -0.3 is 11.1 Å². The second kappa shape index (κ2) is 5.96. The molecule has 0 aliphatic rings. The molecule has 0 aliphatic carbocycles. The maximum Gasteiger partial charge on any atom is 0.240 e. The van der Waals surface area contributed by atoms with Crippen LogP contribution in [0.1, 0.15) is 45.2 Å². The molecular weight excluding hydrogens is 231 g/mol. The van der Waals surface area contributed by atoms with Crippen molar-refractivity contribution in [1.29, 1.82) is 0 Å². The number of halogens is 1. The van der Waals surface area contributed by atoms with Crippen molar-refractivity contribution in [3.63, 3.8) is 0 Å². The van der Waals surface area contributed by atoms with Crippen LogP contribution in [0, 0.1) is 5.82 Å². The Morgan fingerprint density at radius 2 is 2.11 bits per heavy atom. The number of nitrogens with one attached hydrogen (secondary N) is 1. The predicted molar refractivity (Wildman–Crippen MR) is 70.5 cm³/mol. The van der Waals surface area contributed by atoms with Crippen molar-refractivity contribution in [2.24, 2.45) is 5.73 Å². The zero-order valence-electron chi connectivity index (χ0n) is 11.2. The molecule has 0 saturated carbocycles. The highest BCUT2D eigenvalue weighted by molar-refractivity contribution is 5.85. The van der Waals surface area contributed by atoms with Crippen molar-refractivity contribution in [2.45, 2.75) is 45.2 Å². The third-order valence-corrected chi connectivity index (χ3v) is 3.01. The van der Waals surface area contributed by atoms with Crippen LogP contribution in [-0.2, 0) is 4.79 Å². The Kier molecular flexibility index (Phi) is 4.84. The average Bonchev–Trinajstić information content (AvgIpc) is 2.29. The molecule has 0 radical (unpaired) electrons. The number of hydrogen-bond donors (Lipinski definition) is 2. The summed E-state index contributed by atoms with van der Waals surface area (Å²) in [7, 11) is 0. The van der Waals surface area contributed by atoms with Gasteiger partial charge in [-0.05, 0) is 26.3 Å². The minimum absolute atomic E-state index is 0.250. The van der Waals surface area contributed by atoms with Crippen molar-refractivity contribution in [3.8, 4) is 0 Å². The lowest BCUT2D eigenvalue weighted by Crippen LogP contribution is -2.52. The van der Waals surface area contributed by atoms with Crippen LogP contribution in [0.5, 0.6) is 0 Å². The second-order valence-corrected chi connectivity index (χ2v) is 4.88. The Hall–Kier alpha value is -1.42. The Morgan fingerprint density at radius 1 is 1.50 bits per heavy atom. The summed E-state index contributed by atoms with van der Waals surface area (Å²) in [6, 6.07) is 6.02. The topological polar surface area (TPSA) is 55.1 Å². The van der Waals surface area contributed by atoms with Crippen molar-refractivity contribution in [1.82, 2.24) is 5.32 Å². The number of benzene rings is 1. The highest BCUT2D eigenvalue weighted by atomic mass is 19.1. The first-order chi connectivity index (χ1) is 8.38. The van der Waals surface area contributed by atoms with Crippen LogP contribution in [0.4, 0.5) is 4.39 Å². The van der Waals surface area contributed by atoms with E-state index in [1.165, 1.54) is 6.07 Å². The molecule has 1 unspecified atom stereocenters. The van der Waals surface area contributed by atoms with Crippen LogP contribution in [0.25, 0.3) is 0 Å². The van der Waals surface area contributed by atoms with E-state index in [0.29, 0.717) is 12.0 Å². The average molecular weight is 252 g/mol. The minimum atomic E-state index is -0.908. The molecule has 1 rings (SSSR count). The van der Waals surface area contributed by atoms with E-state index in [1.807, 2.05) is 6.92 Å². The van der Waals surface area contributed by atoms with E-state index >= 15 is 0 Å². The second-order valence-electron chi connectivity index (χ2n) is 4.88. The van der Waals surface area contributed by atoms with Gasteiger partial charge in [0.05, 0.1) is 11.6 Å². The quantitative estimate of drug-likeness (QED) is 0.846. The molecule has 0 fully saturated rings. The molecule has 0 aromatic heterocycles. The minimum Gasteiger partial charge on any atom is -0.348 e. The molecule has 0 bridgehead atoms. The molecule has 18 heavy (non-hydrogen) atoms. The number of hydrogen-bond acceptors (Lipinski definition) is 2. The smallest absolute Gasteiger partial charge is 0.240 e. The number of amides is 1. The highest BCUT2D eigenvalue weighted by Gasteiger charge is 2.28. The zero-order chi connectivity index (χ0) is 13.8. The molecule has 0 heterocycles. The van der Waals surface area contributed by atoms with Crippen LogP contribution in [0.2, 0.25) is 0 Å². The van der Waals surface area contributed by atoms with E-state index in [-0.39, 0.29) is 11.7 Å². The normalized spacial score (nSPS) is 15.8. The molecule has 0 spiro atoms. The third kappa shape index (κ3) is 3.53. The van der Waals surface area contributed by atoms with E-state index in [9.17, 15) is 9.18 Å². The lowest BCUT2D eigenvalue weighted by atomic mass is 9.95. The van der Waals surface area contributed by atoms with Gasteiger partial charge in [0.25, 0.3) is 0 Å². The van der Waals surface area contributed by atoms with E-state index < -0.39 is 11.6 Å². The van der Waals surface area contributed by atoms with Crippen LogP contribution < -0.4 is 11.1 Å². The predicted octanol–water partition coefficient (Wildman–Crippen LogP) is 2.52. The number of rotatable bonds is 5. The fourth-order valence-electron chi connectivity index (χ4n) is 1.90. The Morgan fingerprint density at radius 3 is 2.67 bits per heavy atom. The van der Waals surface area contributed by atoms with Crippen LogP contribution in [0.15, 0.2) is 24.3 Å². The van der Waals surface area contributed by atoms with E-state index in [1.54, 1.807) is 32.0 Å². The molecule has 1 aromatic rings. The zero-order valence-corrected chi connectivity index (χ0v) is 11.2. The number of carbonyl (C=O) groups is 1. The first kappa shape index (κ1) is 14.6. The molecule has 0 saturated heterocycles. The Labute approximate surface area is 108 Å². The summed E-state index contributed by atoms with van der Waals surface area (Å²) in [5.41, 5.74) is 5.49. The molecule has 3 N–H and O–H groups in total. The SMILES string of the molecule is CCCC(C)(N)C(=O)N[C@H](C)c1ccccc1F. The number of nitrogens with two attached hydrogens (primary N) is 1. The standard InChI is InChI=1S/C14H21FN2O/c1-4-9-14(3,16)13(18)17-10(2)11-7-5-6-8-12(11)15/h5-8,10H,4,9,16H2,1-3H3,(H,17,18)/t10-,14?/m1/s1. The molecule has 0 aliphatic heterocycles. The van der Waals surface area contributed by atoms with E-state index in [4.69, 9.17) is 5.73 Å². The monoisotopic (exact) mass is 252 g/mol. The van der Waals surface area contributed by atoms with Gasteiger partial charge >= 0.3 is 0 Å². The molecule has 2 atom stereocenters. The van der Waals surface area contributed by atoms with Gasteiger partial charge in [-0.15, -0.1) is 0 Å². The maximum absolute atomic E-state index is 13.6. The molecule has 1 aromatic carbocycles. The van der Waals surface area contributed by atoms with Crippen LogP contribution >= 0.6 is 0 Å². The molecule has 100 valence electrons. The molecule has 4 heteroatoms. The summed E-state index contributed by atoms with van der Waals surface area (Å²) in [6.07, 6.45) is 1.43. The van der Waals surface area contributed by atoms with Crippen LogP contribution in [-0.4, -0.2) is 11.4 Å². The first-order valence-corrected chi connectivity index (χ1v) is 6.22. The van der Waals surface area contributed by atoms with E-state index in [2.05, 4.69) is 5.32 Å². The number of carbonyl (C=O) groups excluding carboxylic acids is 1. The fourth-order valence-corrected chi connectivity index (χ4v) is 1.90. The summed E-state index contributed by atoms with van der Waals surface area (Å²) in [4.78, 5) is 12.0. The van der Waals surface area contributed by atoms with E-state index in [0.717, 1.165) is 6.42 Å². The molecule has 3 nitrogen and oxygen atoms in total. The van der Waals surface area contributed by atoms with Gasteiger partial charge in [-0.2, -0.15) is 0 Å². The molecule has 1 amide bonds. The van der Waals surface area contributed by atoms with Gasteiger partial charge in [0, 0.05) is 5.56 Å². The van der Waals surface area contributed by atoms with Gasteiger partial charge in [0.1, 0.15) is 5.82 Å². The summed E-state index contributed by atoms with van der Waals surface area (Å²) < 4.78 is 13.6. The van der Waals surface area contributed by atoms with Crippen molar-refractivity contribution < 1.29 is 9.18 Å².